The Morgan fingerprint density at radius 3 is 2.82 bits per heavy atom. The number of hydrogen-bond acceptors (Lipinski definition) is 2. The maximum Gasteiger partial charge on any atom is 0.240 e. The SMILES string of the molecule is CNC(C)C(=O)N1CCn2c(C)ccc2C1C. The van der Waals surface area contributed by atoms with E-state index in [1.165, 1.54) is 11.4 Å². The van der Waals surface area contributed by atoms with Gasteiger partial charge in [-0.25, -0.2) is 0 Å². The zero-order valence-corrected chi connectivity index (χ0v) is 11.0. The molecule has 2 atom stereocenters. The van der Waals surface area contributed by atoms with Crippen LogP contribution in [0.5, 0.6) is 0 Å². The average Bonchev–Trinajstić information content (AvgIpc) is 2.71. The smallest absolute Gasteiger partial charge is 0.240 e. The number of aryl methyl sites for hydroxylation is 1. The van der Waals surface area contributed by atoms with Crippen LogP contribution in [0, 0.1) is 6.92 Å². The summed E-state index contributed by atoms with van der Waals surface area (Å²) >= 11 is 0. The van der Waals surface area contributed by atoms with Gasteiger partial charge in [0.15, 0.2) is 0 Å². The summed E-state index contributed by atoms with van der Waals surface area (Å²) in [5.74, 6) is 0.185. The highest BCUT2D eigenvalue weighted by Crippen LogP contribution is 2.27. The Hall–Kier alpha value is -1.29. The van der Waals surface area contributed by atoms with Crippen LogP contribution in [-0.2, 0) is 11.3 Å². The van der Waals surface area contributed by atoms with E-state index in [4.69, 9.17) is 0 Å². The highest BCUT2D eigenvalue weighted by atomic mass is 16.2. The number of nitrogens with one attached hydrogen (secondary N) is 1. The third-order valence-corrected chi connectivity index (χ3v) is 3.78. The topological polar surface area (TPSA) is 37.3 Å². The van der Waals surface area contributed by atoms with Crippen molar-refractivity contribution in [1.29, 1.82) is 0 Å². The molecule has 2 heterocycles. The van der Waals surface area contributed by atoms with Crippen molar-refractivity contribution in [2.24, 2.45) is 0 Å². The Labute approximate surface area is 103 Å². The number of nitrogens with zero attached hydrogens (tertiary/aromatic N) is 2. The van der Waals surface area contributed by atoms with Crippen molar-refractivity contribution in [2.75, 3.05) is 13.6 Å². The minimum Gasteiger partial charge on any atom is -0.345 e. The molecule has 0 radical (unpaired) electrons. The summed E-state index contributed by atoms with van der Waals surface area (Å²) in [4.78, 5) is 14.2. The van der Waals surface area contributed by atoms with Gasteiger partial charge in [0, 0.05) is 24.5 Å². The van der Waals surface area contributed by atoms with Crippen molar-refractivity contribution in [3.63, 3.8) is 0 Å². The number of rotatable bonds is 2. The molecule has 94 valence electrons. The van der Waals surface area contributed by atoms with Crippen molar-refractivity contribution in [1.82, 2.24) is 14.8 Å². The maximum atomic E-state index is 12.2. The first-order chi connectivity index (χ1) is 8.06. The van der Waals surface area contributed by atoms with Gasteiger partial charge in [0.05, 0.1) is 12.1 Å². The standard InChI is InChI=1S/C13H21N3O/c1-9-5-6-12-11(3)16(8-7-15(9)12)13(17)10(2)14-4/h5-6,10-11,14H,7-8H2,1-4H3. The Bertz CT molecular complexity index is 424. The third kappa shape index (κ3) is 1.97. The average molecular weight is 235 g/mol. The number of hydrogen-bond donors (Lipinski definition) is 1. The molecule has 1 aromatic heterocycles. The molecule has 0 spiro atoms. The lowest BCUT2D eigenvalue weighted by Gasteiger charge is -2.36. The van der Waals surface area contributed by atoms with Crippen LogP contribution in [0.1, 0.15) is 31.3 Å². The number of aromatic nitrogens is 1. The fraction of sp³-hybridized carbons (Fsp3) is 0.615. The molecule has 4 nitrogen and oxygen atoms in total. The molecule has 0 saturated heterocycles. The number of carbonyl (C=O) groups is 1. The van der Waals surface area contributed by atoms with E-state index in [0.717, 1.165) is 13.1 Å². The summed E-state index contributed by atoms with van der Waals surface area (Å²) in [6.07, 6.45) is 0. The molecule has 4 heteroatoms. The van der Waals surface area contributed by atoms with E-state index in [0.29, 0.717) is 0 Å². The van der Waals surface area contributed by atoms with Gasteiger partial charge in [-0.2, -0.15) is 0 Å². The Morgan fingerprint density at radius 2 is 2.18 bits per heavy atom. The molecule has 0 saturated carbocycles. The third-order valence-electron chi connectivity index (χ3n) is 3.78. The van der Waals surface area contributed by atoms with E-state index in [-0.39, 0.29) is 18.0 Å². The summed E-state index contributed by atoms with van der Waals surface area (Å²) in [5.41, 5.74) is 2.52. The fourth-order valence-electron chi connectivity index (χ4n) is 2.49. The monoisotopic (exact) mass is 235 g/mol. The van der Waals surface area contributed by atoms with Crippen molar-refractivity contribution < 1.29 is 4.79 Å². The number of amides is 1. The molecule has 1 aromatic rings. The highest BCUT2D eigenvalue weighted by Gasteiger charge is 2.30. The molecule has 0 bridgehead atoms. The summed E-state index contributed by atoms with van der Waals surface area (Å²) < 4.78 is 2.30. The zero-order valence-electron chi connectivity index (χ0n) is 11.0. The molecule has 0 fully saturated rings. The fourth-order valence-corrected chi connectivity index (χ4v) is 2.49. The first-order valence-corrected chi connectivity index (χ1v) is 6.20. The summed E-state index contributed by atoms with van der Waals surface area (Å²) in [6, 6.07) is 4.31. The van der Waals surface area contributed by atoms with Crippen molar-refractivity contribution in [3.05, 3.63) is 23.5 Å². The predicted molar refractivity (Wildman–Crippen MR) is 67.8 cm³/mol. The lowest BCUT2D eigenvalue weighted by Crippen LogP contribution is -2.48. The van der Waals surface area contributed by atoms with Crippen molar-refractivity contribution >= 4 is 5.91 Å². The second-order valence-electron chi connectivity index (χ2n) is 4.77. The van der Waals surface area contributed by atoms with E-state index in [9.17, 15) is 4.79 Å². The minimum atomic E-state index is -0.111. The molecule has 17 heavy (non-hydrogen) atoms. The van der Waals surface area contributed by atoms with E-state index in [1.54, 1.807) is 0 Å². The van der Waals surface area contributed by atoms with Gasteiger partial charge in [0.1, 0.15) is 0 Å². The maximum absolute atomic E-state index is 12.2. The van der Waals surface area contributed by atoms with Gasteiger partial charge in [-0.15, -0.1) is 0 Å². The normalized spacial score (nSPS) is 21.2. The largest absolute Gasteiger partial charge is 0.345 e. The molecule has 1 aliphatic rings. The lowest BCUT2D eigenvalue weighted by atomic mass is 10.1. The van der Waals surface area contributed by atoms with Crippen LogP contribution < -0.4 is 5.32 Å². The summed E-state index contributed by atoms with van der Waals surface area (Å²) in [5, 5.41) is 3.01. The predicted octanol–water partition coefficient (Wildman–Crippen LogP) is 1.31. The molecular formula is C13H21N3O. The van der Waals surface area contributed by atoms with E-state index < -0.39 is 0 Å². The molecule has 1 N–H and O–H groups in total. The second kappa shape index (κ2) is 4.53. The van der Waals surface area contributed by atoms with E-state index in [1.807, 2.05) is 18.9 Å². The van der Waals surface area contributed by atoms with Crippen LogP contribution in [-0.4, -0.2) is 35.0 Å². The van der Waals surface area contributed by atoms with E-state index in [2.05, 4.69) is 35.9 Å². The van der Waals surface area contributed by atoms with Crippen LogP contribution in [0.3, 0.4) is 0 Å². The summed E-state index contributed by atoms with van der Waals surface area (Å²) in [7, 11) is 1.82. The summed E-state index contributed by atoms with van der Waals surface area (Å²) in [6.45, 7) is 7.83. The first kappa shape index (κ1) is 12.2. The number of carbonyl (C=O) groups excluding carboxylic acids is 1. The molecule has 0 aromatic carbocycles. The molecular weight excluding hydrogens is 214 g/mol. The van der Waals surface area contributed by atoms with Gasteiger partial charge in [0.25, 0.3) is 0 Å². The highest BCUT2D eigenvalue weighted by molar-refractivity contribution is 5.82. The quantitative estimate of drug-likeness (QED) is 0.839. The Kier molecular flexibility index (Phi) is 3.24. The second-order valence-corrected chi connectivity index (χ2v) is 4.77. The molecule has 2 rings (SSSR count). The van der Waals surface area contributed by atoms with Gasteiger partial charge in [-0.05, 0) is 40.0 Å². The number of likely N-dealkylation sites (N-methyl/N-ethyl adjacent to an activating group) is 1. The van der Waals surface area contributed by atoms with Gasteiger partial charge in [-0.3, -0.25) is 4.79 Å². The van der Waals surface area contributed by atoms with Crippen molar-refractivity contribution in [3.8, 4) is 0 Å². The van der Waals surface area contributed by atoms with Crippen molar-refractivity contribution in [2.45, 2.75) is 39.4 Å². The van der Waals surface area contributed by atoms with Crippen LogP contribution in [0.15, 0.2) is 12.1 Å². The van der Waals surface area contributed by atoms with Crippen LogP contribution >= 0.6 is 0 Å². The van der Waals surface area contributed by atoms with Crippen LogP contribution in [0.4, 0.5) is 0 Å². The minimum absolute atomic E-state index is 0.111. The van der Waals surface area contributed by atoms with Gasteiger partial charge in [0.2, 0.25) is 5.91 Å². The van der Waals surface area contributed by atoms with Gasteiger partial charge < -0.3 is 14.8 Å². The Morgan fingerprint density at radius 1 is 1.47 bits per heavy atom. The number of fused-ring (bicyclic) bond motifs is 1. The molecule has 0 aliphatic carbocycles. The first-order valence-electron chi connectivity index (χ1n) is 6.20. The molecule has 1 amide bonds. The zero-order chi connectivity index (χ0) is 12.6. The Balaban J connectivity index is 2.23. The van der Waals surface area contributed by atoms with Crippen LogP contribution in [0.2, 0.25) is 0 Å². The van der Waals surface area contributed by atoms with Gasteiger partial charge in [-0.1, -0.05) is 0 Å². The molecule has 1 aliphatic heterocycles. The van der Waals surface area contributed by atoms with Crippen LogP contribution in [0.25, 0.3) is 0 Å². The van der Waals surface area contributed by atoms with E-state index >= 15 is 0 Å². The van der Waals surface area contributed by atoms with Gasteiger partial charge >= 0.3 is 0 Å². The lowest BCUT2D eigenvalue weighted by molar-refractivity contribution is -0.136. The molecule has 2 unspecified atom stereocenters.